The van der Waals surface area contributed by atoms with Crippen LogP contribution in [0.4, 0.5) is 5.69 Å². The van der Waals surface area contributed by atoms with Crippen molar-refractivity contribution in [1.82, 2.24) is 10.2 Å². The number of hydrogen-bond acceptors (Lipinski definition) is 7. The van der Waals surface area contributed by atoms with Gasteiger partial charge in [-0.05, 0) is 75.1 Å². The molecule has 2 amide bonds. The molecule has 3 aromatic rings. The average molecular weight is 638 g/mol. The average Bonchev–Trinajstić information content (AvgIpc) is 3.57. The van der Waals surface area contributed by atoms with Crippen LogP contribution < -0.4 is 23.8 Å². The SMILES string of the molecule is CCOc1ccc(N(CC(=O)N(CCc2ccccc2)[C@@H](C)C(=O)NC2CCCC2)S(=O)(=O)c2ccc(OC)c(OC)c2)cc1. The van der Waals surface area contributed by atoms with Gasteiger partial charge >= 0.3 is 0 Å². The molecule has 0 bridgehead atoms. The summed E-state index contributed by atoms with van der Waals surface area (Å²) in [4.78, 5) is 29.0. The van der Waals surface area contributed by atoms with Crippen LogP contribution in [0.3, 0.4) is 0 Å². The van der Waals surface area contributed by atoms with E-state index in [2.05, 4.69) is 5.32 Å². The molecule has 1 aliphatic carbocycles. The minimum Gasteiger partial charge on any atom is -0.494 e. The molecule has 11 heteroatoms. The Balaban J connectivity index is 1.69. The summed E-state index contributed by atoms with van der Waals surface area (Å²) in [5, 5.41) is 3.09. The van der Waals surface area contributed by atoms with Gasteiger partial charge < -0.3 is 24.4 Å². The molecular weight excluding hydrogens is 594 g/mol. The van der Waals surface area contributed by atoms with Gasteiger partial charge in [0.05, 0.1) is 31.4 Å². The standard InChI is InChI=1S/C34H43N3O7S/c1-5-44-29-17-15-28(16-18-29)37(45(40,41)30-19-20-31(42-3)32(23-30)43-4)24-33(38)36(22-21-26-11-7-6-8-12-26)25(2)34(39)35-27-13-9-10-14-27/h6-8,11-12,15-20,23,25,27H,5,9-10,13-14,21-22,24H2,1-4H3,(H,35,39)/t25-/m0/s1. The Morgan fingerprint density at radius 1 is 0.933 bits per heavy atom. The lowest BCUT2D eigenvalue weighted by molar-refractivity contribution is -0.139. The van der Waals surface area contributed by atoms with E-state index in [0.29, 0.717) is 24.5 Å². The molecule has 1 atom stereocenters. The second kappa shape index (κ2) is 15.7. The molecule has 1 fully saturated rings. The van der Waals surface area contributed by atoms with E-state index in [4.69, 9.17) is 14.2 Å². The summed E-state index contributed by atoms with van der Waals surface area (Å²) in [5.41, 5.74) is 1.27. The lowest BCUT2D eigenvalue weighted by Gasteiger charge is -2.32. The van der Waals surface area contributed by atoms with Crippen LogP contribution in [-0.4, -0.2) is 71.1 Å². The molecule has 1 aliphatic rings. The van der Waals surface area contributed by atoms with E-state index in [0.717, 1.165) is 35.6 Å². The van der Waals surface area contributed by atoms with Crippen molar-refractivity contribution in [2.45, 2.75) is 62.9 Å². The fourth-order valence-corrected chi connectivity index (χ4v) is 6.90. The Bertz CT molecular complexity index is 1530. The van der Waals surface area contributed by atoms with E-state index in [-0.39, 0.29) is 34.8 Å². The second-order valence-electron chi connectivity index (χ2n) is 10.9. The normalized spacial score (nSPS) is 14.0. The quantitative estimate of drug-likeness (QED) is 0.254. The molecule has 0 aliphatic heterocycles. The number of benzene rings is 3. The predicted octanol–water partition coefficient (Wildman–Crippen LogP) is 4.82. The fraction of sp³-hybridized carbons (Fsp3) is 0.412. The first kappa shape index (κ1) is 33.6. The zero-order valence-corrected chi connectivity index (χ0v) is 27.2. The minimum atomic E-state index is -4.29. The predicted molar refractivity (Wildman–Crippen MR) is 173 cm³/mol. The molecule has 45 heavy (non-hydrogen) atoms. The van der Waals surface area contributed by atoms with E-state index in [1.807, 2.05) is 37.3 Å². The van der Waals surface area contributed by atoms with E-state index in [9.17, 15) is 18.0 Å². The Labute approximate surface area is 266 Å². The first-order chi connectivity index (χ1) is 21.7. The van der Waals surface area contributed by atoms with Crippen LogP contribution in [0.1, 0.15) is 45.1 Å². The van der Waals surface area contributed by atoms with Gasteiger partial charge in [-0.25, -0.2) is 8.42 Å². The molecule has 1 N–H and O–H groups in total. The van der Waals surface area contributed by atoms with Gasteiger partial charge in [0.1, 0.15) is 18.3 Å². The maximum absolute atomic E-state index is 14.2. The zero-order valence-electron chi connectivity index (χ0n) is 26.4. The van der Waals surface area contributed by atoms with Crippen molar-refractivity contribution in [1.29, 1.82) is 0 Å². The van der Waals surface area contributed by atoms with E-state index in [1.165, 1.54) is 37.3 Å². The van der Waals surface area contributed by atoms with Crippen LogP contribution >= 0.6 is 0 Å². The number of nitrogens with one attached hydrogen (secondary N) is 1. The third-order valence-corrected chi connectivity index (χ3v) is 9.78. The van der Waals surface area contributed by atoms with Crippen LogP contribution in [0.5, 0.6) is 17.2 Å². The number of methoxy groups -OCH3 is 2. The van der Waals surface area contributed by atoms with Crippen molar-refractivity contribution >= 4 is 27.5 Å². The van der Waals surface area contributed by atoms with Gasteiger partial charge in [0, 0.05) is 18.7 Å². The van der Waals surface area contributed by atoms with Crippen LogP contribution in [-0.2, 0) is 26.0 Å². The van der Waals surface area contributed by atoms with Crippen molar-refractivity contribution < 1.29 is 32.2 Å². The largest absolute Gasteiger partial charge is 0.494 e. The van der Waals surface area contributed by atoms with E-state index >= 15 is 0 Å². The summed E-state index contributed by atoms with van der Waals surface area (Å²) in [6.45, 7) is 3.70. The molecule has 1 saturated carbocycles. The minimum absolute atomic E-state index is 0.0790. The number of carbonyl (C=O) groups excluding carboxylic acids is 2. The molecule has 3 aromatic carbocycles. The van der Waals surface area contributed by atoms with Crippen LogP contribution in [0, 0.1) is 0 Å². The number of amides is 2. The van der Waals surface area contributed by atoms with Gasteiger partial charge in [0.15, 0.2) is 11.5 Å². The number of anilines is 1. The van der Waals surface area contributed by atoms with Gasteiger partial charge in [0.2, 0.25) is 11.8 Å². The molecule has 242 valence electrons. The van der Waals surface area contributed by atoms with Gasteiger partial charge in [-0.2, -0.15) is 0 Å². The summed E-state index contributed by atoms with van der Waals surface area (Å²) in [6.07, 6.45) is 4.43. The number of nitrogens with zero attached hydrogens (tertiary/aromatic N) is 2. The van der Waals surface area contributed by atoms with Crippen LogP contribution in [0.25, 0.3) is 0 Å². The fourth-order valence-electron chi connectivity index (χ4n) is 5.47. The number of rotatable bonds is 15. The molecule has 0 saturated heterocycles. The van der Waals surface area contributed by atoms with Crippen molar-refractivity contribution in [3.63, 3.8) is 0 Å². The highest BCUT2D eigenvalue weighted by molar-refractivity contribution is 7.92. The summed E-state index contributed by atoms with van der Waals surface area (Å²) >= 11 is 0. The van der Waals surface area contributed by atoms with Crippen LogP contribution in [0.15, 0.2) is 77.7 Å². The van der Waals surface area contributed by atoms with Crippen molar-refractivity contribution in [3.05, 3.63) is 78.4 Å². The molecular formula is C34H43N3O7S. The summed E-state index contributed by atoms with van der Waals surface area (Å²) < 4.78 is 45.7. The Morgan fingerprint density at radius 2 is 1.60 bits per heavy atom. The van der Waals surface area contributed by atoms with Gasteiger partial charge in [-0.15, -0.1) is 0 Å². The summed E-state index contributed by atoms with van der Waals surface area (Å²) in [6, 6.07) is 19.7. The molecule has 0 unspecified atom stereocenters. The number of hydrogen-bond donors (Lipinski definition) is 1. The third kappa shape index (κ3) is 8.48. The first-order valence-corrected chi connectivity index (χ1v) is 16.7. The lowest BCUT2D eigenvalue weighted by Crippen LogP contribution is -2.53. The third-order valence-electron chi connectivity index (χ3n) is 8.01. The first-order valence-electron chi connectivity index (χ1n) is 15.3. The highest BCUT2D eigenvalue weighted by atomic mass is 32.2. The molecule has 10 nitrogen and oxygen atoms in total. The van der Waals surface area contributed by atoms with Crippen LogP contribution in [0.2, 0.25) is 0 Å². The molecule has 0 radical (unpaired) electrons. The number of sulfonamides is 1. The number of carbonyl (C=O) groups is 2. The highest BCUT2D eigenvalue weighted by Crippen LogP contribution is 2.33. The van der Waals surface area contributed by atoms with E-state index in [1.54, 1.807) is 31.2 Å². The number of ether oxygens (including phenoxy) is 3. The van der Waals surface area contributed by atoms with Gasteiger partial charge in [-0.1, -0.05) is 43.2 Å². The lowest BCUT2D eigenvalue weighted by atomic mass is 10.1. The molecule has 4 rings (SSSR count). The summed E-state index contributed by atoms with van der Waals surface area (Å²) in [7, 11) is -1.40. The van der Waals surface area contributed by atoms with Gasteiger partial charge in [-0.3, -0.25) is 13.9 Å². The Hall–Kier alpha value is -4.25. The molecule has 0 spiro atoms. The van der Waals surface area contributed by atoms with Crippen molar-refractivity contribution in [2.75, 3.05) is 38.2 Å². The molecule has 0 aromatic heterocycles. The summed E-state index contributed by atoms with van der Waals surface area (Å²) in [5.74, 6) is 0.418. The highest BCUT2D eigenvalue weighted by Gasteiger charge is 2.33. The van der Waals surface area contributed by atoms with Crippen molar-refractivity contribution in [2.24, 2.45) is 0 Å². The monoisotopic (exact) mass is 637 g/mol. The topological polar surface area (TPSA) is 114 Å². The zero-order chi connectivity index (χ0) is 32.4. The maximum atomic E-state index is 14.2. The second-order valence-corrected chi connectivity index (χ2v) is 12.8. The van der Waals surface area contributed by atoms with Gasteiger partial charge in [0.25, 0.3) is 10.0 Å². The van der Waals surface area contributed by atoms with E-state index < -0.39 is 28.5 Å². The smallest absolute Gasteiger partial charge is 0.264 e. The Morgan fingerprint density at radius 3 is 2.22 bits per heavy atom. The maximum Gasteiger partial charge on any atom is 0.264 e. The Kier molecular flexibility index (Phi) is 11.7. The molecule has 0 heterocycles. The van der Waals surface area contributed by atoms with Crippen molar-refractivity contribution in [3.8, 4) is 17.2 Å².